The highest BCUT2D eigenvalue weighted by Crippen LogP contribution is 2.25. The number of ether oxygens (including phenoxy) is 1. The van der Waals surface area contributed by atoms with Gasteiger partial charge in [0, 0.05) is 57.7 Å². The summed E-state index contributed by atoms with van der Waals surface area (Å²) in [6, 6.07) is 4.55. The highest BCUT2D eigenvalue weighted by Gasteiger charge is 2.21. The Bertz CT molecular complexity index is 1050. The molecule has 0 bridgehead atoms. The van der Waals surface area contributed by atoms with E-state index in [0.717, 1.165) is 38.8 Å². The van der Waals surface area contributed by atoms with Crippen LogP contribution in [0.3, 0.4) is 0 Å². The lowest BCUT2D eigenvalue weighted by molar-refractivity contribution is -0.122. The molecule has 2 aromatic rings. The van der Waals surface area contributed by atoms with Crippen molar-refractivity contribution in [2.24, 2.45) is 11.8 Å². The molecule has 0 saturated carbocycles. The Balaban J connectivity index is 1.29. The Hall–Kier alpha value is -2.82. The third-order valence-corrected chi connectivity index (χ3v) is 7.09. The number of ketones is 1. The number of piperidine rings is 1. The van der Waals surface area contributed by atoms with E-state index < -0.39 is 11.7 Å². The van der Waals surface area contributed by atoms with Crippen LogP contribution in [0.2, 0.25) is 5.02 Å². The summed E-state index contributed by atoms with van der Waals surface area (Å²) in [6.07, 6.45) is 7.95. The number of nitrogens with zero attached hydrogens (tertiary/aromatic N) is 3. The van der Waals surface area contributed by atoms with Gasteiger partial charge in [-0.2, -0.15) is 0 Å². The van der Waals surface area contributed by atoms with E-state index in [1.165, 1.54) is 6.07 Å². The van der Waals surface area contributed by atoms with E-state index in [2.05, 4.69) is 20.2 Å². The maximum absolute atomic E-state index is 14.5. The SMILES string of the molecule is O=C(CCCNC(=O)Cc1ccc(OCCCC2CCN(c3ncc(Cl)cn3)CC2)cc1F)CC(CO)CO. The molecule has 0 spiro atoms. The van der Waals surface area contributed by atoms with Crippen molar-refractivity contribution < 1.29 is 28.9 Å². The molecule has 1 aromatic heterocycles. The third-order valence-electron chi connectivity index (χ3n) is 6.89. The number of hydrogen-bond donors (Lipinski definition) is 3. The van der Waals surface area contributed by atoms with Gasteiger partial charge in [0.2, 0.25) is 11.9 Å². The van der Waals surface area contributed by atoms with Gasteiger partial charge in [-0.1, -0.05) is 17.7 Å². The molecule has 39 heavy (non-hydrogen) atoms. The quantitative estimate of drug-likeness (QED) is 0.265. The normalized spacial score (nSPS) is 14.0. The Morgan fingerprint density at radius 2 is 1.87 bits per heavy atom. The predicted molar refractivity (Wildman–Crippen MR) is 146 cm³/mol. The fourth-order valence-corrected chi connectivity index (χ4v) is 4.67. The van der Waals surface area contributed by atoms with E-state index in [-0.39, 0.29) is 49.7 Å². The lowest BCUT2D eigenvalue weighted by Crippen LogP contribution is -2.34. The van der Waals surface area contributed by atoms with Gasteiger partial charge in [0.1, 0.15) is 17.3 Å². The molecule has 0 radical (unpaired) electrons. The minimum Gasteiger partial charge on any atom is -0.493 e. The zero-order valence-electron chi connectivity index (χ0n) is 22.2. The Morgan fingerprint density at radius 1 is 1.15 bits per heavy atom. The maximum atomic E-state index is 14.5. The number of hydrogen-bond acceptors (Lipinski definition) is 8. The van der Waals surface area contributed by atoms with Gasteiger partial charge < -0.3 is 25.2 Å². The maximum Gasteiger partial charge on any atom is 0.225 e. The van der Waals surface area contributed by atoms with Crippen LogP contribution in [0.4, 0.5) is 10.3 Å². The van der Waals surface area contributed by atoms with Gasteiger partial charge in [0.15, 0.2) is 0 Å². The summed E-state index contributed by atoms with van der Waals surface area (Å²) in [4.78, 5) is 34.7. The number of carbonyl (C=O) groups excluding carboxylic acids is 2. The first-order valence-electron chi connectivity index (χ1n) is 13.5. The fourth-order valence-electron chi connectivity index (χ4n) is 4.57. The van der Waals surface area contributed by atoms with Crippen LogP contribution in [0.1, 0.15) is 50.5 Å². The van der Waals surface area contributed by atoms with Crippen LogP contribution >= 0.6 is 11.6 Å². The smallest absolute Gasteiger partial charge is 0.225 e. The molecular formula is C28H38ClFN4O5. The van der Waals surface area contributed by atoms with Crippen LogP contribution in [0.25, 0.3) is 0 Å². The second-order valence-electron chi connectivity index (χ2n) is 9.98. The summed E-state index contributed by atoms with van der Waals surface area (Å²) in [5.41, 5.74) is 0.279. The van der Waals surface area contributed by atoms with Crippen molar-refractivity contribution in [1.29, 1.82) is 0 Å². The summed E-state index contributed by atoms with van der Waals surface area (Å²) in [7, 11) is 0. The minimum absolute atomic E-state index is 0.0753. The van der Waals surface area contributed by atoms with E-state index >= 15 is 0 Å². The van der Waals surface area contributed by atoms with Gasteiger partial charge in [0.05, 0.1) is 30.4 Å². The van der Waals surface area contributed by atoms with Crippen molar-refractivity contribution in [3.63, 3.8) is 0 Å². The predicted octanol–water partition coefficient (Wildman–Crippen LogP) is 3.34. The molecule has 2 heterocycles. The monoisotopic (exact) mass is 564 g/mol. The highest BCUT2D eigenvalue weighted by atomic mass is 35.5. The zero-order chi connectivity index (χ0) is 28.0. The molecule has 1 amide bonds. The first-order valence-corrected chi connectivity index (χ1v) is 13.9. The molecular weight excluding hydrogens is 527 g/mol. The molecule has 1 aliphatic heterocycles. The lowest BCUT2D eigenvalue weighted by atomic mass is 9.92. The van der Waals surface area contributed by atoms with Crippen LogP contribution in [0.5, 0.6) is 5.75 Å². The van der Waals surface area contributed by atoms with Crippen molar-refractivity contribution in [3.8, 4) is 5.75 Å². The van der Waals surface area contributed by atoms with Crippen molar-refractivity contribution in [3.05, 3.63) is 47.0 Å². The second-order valence-corrected chi connectivity index (χ2v) is 10.4. The van der Waals surface area contributed by atoms with Gasteiger partial charge in [0.25, 0.3) is 0 Å². The first-order chi connectivity index (χ1) is 18.9. The van der Waals surface area contributed by atoms with Gasteiger partial charge >= 0.3 is 0 Å². The number of amides is 1. The molecule has 1 fully saturated rings. The summed E-state index contributed by atoms with van der Waals surface area (Å²) in [5.74, 6) is 0.417. The van der Waals surface area contributed by atoms with Crippen LogP contribution in [-0.4, -0.2) is 71.3 Å². The molecule has 0 unspecified atom stereocenters. The largest absolute Gasteiger partial charge is 0.493 e. The molecule has 1 aromatic carbocycles. The molecule has 214 valence electrons. The zero-order valence-corrected chi connectivity index (χ0v) is 22.9. The molecule has 9 nitrogen and oxygen atoms in total. The number of halogens is 2. The van der Waals surface area contributed by atoms with Crippen molar-refractivity contribution >= 4 is 29.2 Å². The molecule has 0 aliphatic carbocycles. The van der Waals surface area contributed by atoms with Crippen molar-refractivity contribution in [2.45, 2.75) is 51.4 Å². The van der Waals surface area contributed by atoms with E-state index in [1.807, 2.05) is 0 Å². The first kappa shape index (κ1) is 30.7. The number of nitrogens with one attached hydrogen (secondary N) is 1. The summed E-state index contributed by atoms with van der Waals surface area (Å²) < 4.78 is 20.3. The molecule has 1 saturated heterocycles. The average molecular weight is 565 g/mol. The number of anilines is 1. The van der Waals surface area contributed by atoms with E-state index in [9.17, 15) is 14.0 Å². The highest BCUT2D eigenvalue weighted by molar-refractivity contribution is 6.30. The van der Waals surface area contributed by atoms with Crippen LogP contribution in [0, 0.1) is 17.7 Å². The molecule has 3 N–H and O–H groups in total. The molecule has 0 atom stereocenters. The topological polar surface area (TPSA) is 125 Å². The van der Waals surface area contributed by atoms with Crippen LogP contribution in [0.15, 0.2) is 30.6 Å². The van der Waals surface area contributed by atoms with Gasteiger partial charge in [-0.3, -0.25) is 9.59 Å². The van der Waals surface area contributed by atoms with E-state index in [0.29, 0.717) is 42.2 Å². The Kier molecular flexibility index (Phi) is 12.9. The summed E-state index contributed by atoms with van der Waals surface area (Å²) in [5, 5.41) is 21.3. The number of aliphatic hydroxyl groups excluding tert-OH is 2. The molecule has 1 aliphatic rings. The third kappa shape index (κ3) is 10.7. The second kappa shape index (κ2) is 16.3. The number of carbonyl (C=O) groups is 2. The minimum atomic E-state index is -0.492. The van der Waals surface area contributed by atoms with Gasteiger partial charge in [-0.25, -0.2) is 14.4 Å². The summed E-state index contributed by atoms with van der Waals surface area (Å²) in [6.45, 7) is 2.12. The van der Waals surface area contributed by atoms with E-state index in [4.69, 9.17) is 26.6 Å². The van der Waals surface area contributed by atoms with Crippen LogP contribution in [-0.2, 0) is 16.0 Å². The number of benzene rings is 1. The standard InChI is InChI=1S/C28H38ClFN4O5/c29-23-16-32-28(33-17-23)34-10-7-20(8-11-34)3-2-12-39-25-6-5-22(26(30)15-25)14-27(38)31-9-1-4-24(37)13-21(18-35)19-36/h5-6,15-17,20-21,35-36H,1-4,7-14,18-19H2,(H,31,38). The van der Waals surface area contributed by atoms with Crippen molar-refractivity contribution in [2.75, 3.05) is 44.4 Å². The van der Waals surface area contributed by atoms with Gasteiger partial charge in [-0.15, -0.1) is 0 Å². The molecule has 3 rings (SSSR count). The average Bonchev–Trinajstić information content (AvgIpc) is 2.94. The number of aromatic nitrogens is 2. The number of Topliss-reactive ketones (excluding diaryl/α,β-unsaturated/α-hetero) is 1. The fraction of sp³-hybridized carbons (Fsp3) is 0.571. The Morgan fingerprint density at radius 3 is 2.54 bits per heavy atom. The summed E-state index contributed by atoms with van der Waals surface area (Å²) >= 11 is 5.86. The van der Waals surface area contributed by atoms with E-state index in [1.54, 1.807) is 24.5 Å². The Labute approximate surface area is 233 Å². The molecule has 11 heteroatoms. The lowest BCUT2D eigenvalue weighted by Gasteiger charge is -2.31. The number of aliphatic hydroxyl groups is 2. The number of rotatable bonds is 16. The van der Waals surface area contributed by atoms with Gasteiger partial charge in [-0.05, 0) is 49.7 Å². The van der Waals surface area contributed by atoms with Crippen molar-refractivity contribution in [1.82, 2.24) is 15.3 Å². The van der Waals surface area contributed by atoms with Crippen LogP contribution < -0.4 is 15.0 Å².